The van der Waals surface area contributed by atoms with Crippen LogP contribution in [-0.4, -0.2) is 27.2 Å². The van der Waals surface area contributed by atoms with E-state index in [1.54, 1.807) is 0 Å². The maximum atomic E-state index is 13.8. The van der Waals surface area contributed by atoms with Crippen LogP contribution in [-0.2, 0) is 6.18 Å². The van der Waals surface area contributed by atoms with Crippen LogP contribution in [0, 0.1) is 0 Å². The summed E-state index contributed by atoms with van der Waals surface area (Å²) in [6.45, 7) is -1.56. The second kappa shape index (κ2) is 7.70. The van der Waals surface area contributed by atoms with Gasteiger partial charge >= 0.3 is 12.4 Å². The number of fused-ring (bicyclic) bond motifs is 1. The second-order valence-electron chi connectivity index (χ2n) is 6.55. The van der Waals surface area contributed by atoms with Crippen molar-refractivity contribution in [2.24, 2.45) is 0 Å². The molecular weight excluding hydrogens is 444 g/mol. The lowest BCUT2D eigenvalue weighted by Crippen LogP contribution is -2.24. The maximum absolute atomic E-state index is 13.8. The molecule has 4 rings (SSSR count). The summed E-state index contributed by atoms with van der Waals surface area (Å²) in [5, 5.41) is 0. The monoisotopic (exact) mass is 455 g/mol. The van der Waals surface area contributed by atoms with Gasteiger partial charge in [0.15, 0.2) is 12.3 Å². The molecule has 0 aliphatic rings. The van der Waals surface area contributed by atoms with E-state index in [9.17, 15) is 31.1 Å². The van der Waals surface area contributed by atoms with Crippen LogP contribution in [0.3, 0.4) is 0 Å². The Labute approximate surface area is 174 Å². The molecular formula is C20H11F6N3O3. The first-order chi connectivity index (χ1) is 15.0. The molecule has 4 aromatic rings. The number of pyridine rings is 1. The summed E-state index contributed by atoms with van der Waals surface area (Å²) in [6, 6.07) is 6.86. The van der Waals surface area contributed by atoms with Gasteiger partial charge in [0.1, 0.15) is 17.7 Å². The van der Waals surface area contributed by atoms with E-state index in [1.165, 1.54) is 30.8 Å². The molecule has 0 saturated heterocycles. The molecule has 0 atom stereocenters. The lowest BCUT2D eigenvalue weighted by Gasteiger charge is -2.14. The molecule has 3 heterocycles. The fraction of sp³-hybridized carbons (Fsp3) is 0.150. The molecule has 12 heteroatoms. The zero-order valence-corrected chi connectivity index (χ0v) is 15.7. The van der Waals surface area contributed by atoms with Gasteiger partial charge in [-0.05, 0) is 29.8 Å². The third-order valence-corrected chi connectivity index (χ3v) is 4.32. The SMILES string of the molecule is O=c1c(-c2ccc(OCC(F)(F)F)cc2)c(C(F)(F)F)nc2cc(-c3ncco3)ccn12. The summed E-state index contributed by atoms with van der Waals surface area (Å²) in [7, 11) is 0. The van der Waals surface area contributed by atoms with E-state index in [0.29, 0.717) is 5.56 Å². The number of hydrogen-bond donors (Lipinski definition) is 0. The smallest absolute Gasteiger partial charge is 0.434 e. The van der Waals surface area contributed by atoms with E-state index in [2.05, 4.69) is 14.7 Å². The normalized spacial score (nSPS) is 12.3. The predicted molar refractivity (Wildman–Crippen MR) is 98.9 cm³/mol. The van der Waals surface area contributed by atoms with Gasteiger partial charge in [-0.25, -0.2) is 9.97 Å². The van der Waals surface area contributed by atoms with Crippen molar-refractivity contribution in [1.82, 2.24) is 14.4 Å². The molecule has 3 aromatic heterocycles. The topological polar surface area (TPSA) is 69.6 Å². The molecule has 166 valence electrons. The van der Waals surface area contributed by atoms with Crippen LogP contribution in [0.5, 0.6) is 5.75 Å². The summed E-state index contributed by atoms with van der Waals surface area (Å²) in [5.74, 6) is -0.0853. The molecule has 32 heavy (non-hydrogen) atoms. The third kappa shape index (κ3) is 4.29. The van der Waals surface area contributed by atoms with Gasteiger partial charge in [-0.2, -0.15) is 26.3 Å². The van der Waals surface area contributed by atoms with E-state index in [0.717, 1.165) is 28.7 Å². The van der Waals surface area contributed by atoms with Gasteiger partial charge in [0.2, 0.25) is 5.89 Å². The highest BCUT2D eigenvalue weighted by atomic mass is 19.4. The molecule has 0 spiro atoms. The quantitative estimate of drug-likeness (QED) is 0.406. The fourth-order valence-corrected chi connectivity index (χ4v) is 2.99. The van der Waals surface area contributed by atoms with Gasteiger partial charge in [0.05, 0.1) is 11.8 Å². The van der Waals surface area contributed by atoms with E-state index in [1.807, 2.05) is 0 Å². The molecule has 0 unspecified atom stereocenters. The van der Waals surface area contributed by atoms with Crippen LogP contribution >= 0.6 is 0 Å². The van der Waals surface area contributed by atoms with Crippen molar-refractivity contribution < 1.29 is 35.5 Å². The average Bonchev–Trinajstić information content (AvgIpc) is 3.26. The van der Waals surface area contributed by atoms with E-state index in [-0.39, 0.29) is 22.9 Å². The van der Waals surface area contributed by atoms with Gasteiger partial charge in [0, 0.05) is 11.8 Å². The van der Waals surface area contributed by atoms with E-state index < -0.39 is 35.8 Å². The minimum atomic E-state index is -4.98. The average molecular weight is 455 g/mol. The van der Waals surface area contributed by atoms with Crippen molar-refractivity contribution in [3.63, 3.8) is 0 Å². The van der Waals surface area contributed by atoms with Crippen LogP contribution < -0.4 is 10.3 Å². The van der Waals surface area contributed by atoms with Crippen LogP contribution in [0.4, 0.5) is 26.3 Å². The second-order valence-corrected chi connectivity index (χ2v) is 6.55. The standard InChI is InChI=1S/C20H11F6N3O3/c21-19(22,23)10-32-13-3-1-11(2-4-13)15-16(20(24,25)26)28-14-9-12(17-27-6-8-31-17)5-7-29(14)18(15)30/h1-9H,10H2. The number of benzene rings is 1. The minimum Gasteiger partial charge on any atom is -0.484 e. The number of alkyl halides is 6. The number of aromatic nitrogens is 3. The Morgan fingerprint density at radius 1 is 1.00 bits per heavy atom. The van der Waals surface area contributed by atoms with Gasteiger partial charge in [-0.1, -0.05) is 12.1 Å². The van der Waals surface area contributed by atoms with Crippen molar-refractivity contribution in [3.8, 4) is 28.3 Å². The summed E-state index contributed by atoms with van der Waals surface area (Å²) >= 11 is 0. The largest absolute Gasteiger partial charge is 0.484 e. The molecule has 6 nitrogen and oxygen atoms in total. The third-order valence-electron chi connectivity index (χ3n) is 4.32. The Kier molecular flexibility index (Phi) is 5.15. The van der Waals surface area contributed by atoms with Crippen LogP contribution in [0.25, 0.3) is 28.2 Å². The molecule has 0 radical (unpaired) electrons. The molecule has 1 aromatic carbocycles. The molecule has 0 saturated carbocycles. The molecule has 0 bridgehead atoms. The molecule has 0 fully saturated rings. The molecule has 0 aliphatic heterocycles. The highest BCUT2D eigenvalue weighted by Gasteiger charge is 2.38. The van der Waals surface area contributed by atoms with Crippen molar-refractivity contribution in [3.05, 3.63) is 71.1 Å². The maximum Gasteiger partial charge on any atom is 0.434 e. The lowest BCUT2D eigenvalue weighted by atomic mass is 10.0. The first-order valence-electron chi connectivity index (χ1n) is 8.86. The predicted octanol–water partition coefficient (Wildman–Crippen LogP) is 4.98. The van der Waals surface area contributed by atoms with Crippen molar-refractivity contribution in [1.29, 1.82) is 0 Å². The Balaban J connectivity index is 1.82. The zero-order chi connectivity index (χ0) is 23.1. The van der Waals surface area contributed by atoms with Gasteiger partial charge in [-0.3, -0.25) is 9.20 Å². The number of oxazole rings is 1. The Morgan fingerprint density at radius 2 is 1.72 bits per heavy atom. The van der Waals surface area contributed by atoms with Gasteiger partial charge in [-0.15, -0.1) is 0 Å². The van der Waals surface area contributed by atoms with Crippen molar-refractivity contribution >= 4 is 5.65 Å². The van der Waals surface area contributed by atoms with Gasteiger partial charge < -0.3 is 9.15 Å². The Bertz CT molecular complexity index is 1310. The lowest BCUT2D eigenvalue weighted by molar-refractivity contribution is -0.153. The zero-order valence-electron chi connectivity index (χ0n) is 15.7. The highest BCUT2D eigenvalue weighted by Crippen LogP contribution is 2.35. The number of halogens is 6. The van der Waals surface area contributed by atoms with E-state index in [4.69, 9.17) is 4.42 Å². The van der Waals surface area contributed by atoms with Crippen LogP contribution in [0.1, 0.15) is 5.69 Å². The van der Waals surface area contributed by atoms with Crippen molar-refractivity contribution in [2.75, 3.05) is 6.61 Å². The summed E-state index contributed by atoms with van der Waals surface area (Å²) in [5.41, 5.74) is -3.34. The minimum absolute atomic E-state index is 0.133. The number of rotatable bonds is 4. The van der Waals surface area contributed by atoms with Crippen LogP contribution in [0.2, 0.25) is 0 Å². The highest BCUT2D eigenvalue weighted by molar-refractivity contribution is 5.69. The number of hydrogen-bond acceptors (Lipinski definition) is 5. The fourth-order valence-electron chi connectivity index (χ4n) is 2.99. The Hall–Kier alpha value is -3.83. The molecule has 0 amide bonds. The summed E-state index contributed by atoms with van der Waals surface area (Å²) in [4.78, 5) is 20.5. The number of nitrogens with zero attached hydrogens (tertiary/aromatic N) is 3. The van der Waals surface area contributed by atoms with Crippen molar-refractivity contribution in [2.45, 2.75) is 12.4 Å². The van der Waals surface area contributed by atoms with E-state index >= 15 is 0 Å². The number of ether oxygens (including phenoxy) is 1. The van der Waals surface area contributed by atoms with Gasteiger partial charge in [0.25, 0.3) is 5.56 Å². The molecule has 0 N–H and O–H groups in total. The first kappa shape index (κ1) is 21.4. The summed E-state index contributed by atoms with van der Waals surface area (Å²) in [6.07, 6.45) is -5.69. The Morgan fingerprint density at radius 3 is 2.31 bits per heavy atom. The molecule has 0 aliphatic carbocycles. The summed E-state index contributed by atoms with van der Waals surface area (Å²) < 4.78 is 88.7. The van der Waals surface area contributed by atoms with Crippen LogP contribution in [0.15, 0.2) is 64.3 Å². The first-order valence-corrected chi connectivity index (χ1v) is 8.86.